The summed E-state index contributed by atoms with van der Waals surface area (Å²) >= 11 is 0. The first-order valence-electron chi connectivity index (χ1n) is 8.16. The zero-order chi connectivity index (χ0) is 14.5. The molecule has 3 rings (SSSR count). The van der Waals surface area contributed by atoms with Crippen molar-refractivity contribution in [2.24, 2.45) is 0 Å². The summed E-state index contributed by atoms with van der Waals surface area (Å²) in [5, 5.41) is 3.44. The number of nitrogens with one attached hydrogen (secondary N) is 1. The second-order valence-electron chi connectivity index (χ2n) is 5.88. The molecular formula is C18H25N3. The Labute approximate surface area is 127 Å². The summed E-state index contributed by atoms with van der Waals surface area (Å²) in [5.41, 5.74) is 2.55. The van der Waals surface area contributed by atoms with Crippen LogP contribution in [-0.4, -0.2) is 22.6 Å². The molecule has 1 aromatic rings. The van der Waals surface area contributed by atoms with E-state index in [0.717, 1.165) is 32.4 Å². The van der Waals surface area contributed by atoms with Crippen LogP contribution in [0.3, 0.4) is 0 Å². The predicted octanol–water partition coefficient (Wildman–Crippen LogP) is 3.36. The molecule has 21 heavy (non-hydrogen) atoms. The normalized spacial score (nSPS) is 19.6. The van der Waals surface area contributed by atoms with Gasteiger partial charge >= 0.3 is 0 Å². The molecule has 0 spiro atoms. The Balaban J connectivity index is 1.78. The number of rotatable bonds is 4. The molecule has 0 bridgehead atoms. The third kappa shape index (κ3) is 3.53. The van der Waals surface area contributed by atoms with E-state index >= 15 is 0 Å². The topological polar surface area (TPSA) is 29.9 Å². The van der Waals surface area contributed by atoms with Crippen LogP contribution in [0.4, 0.5) is 0 Å². The maximum absolute atomic E-state index is 4.87. The van der Waals surface area contributed by atoms with Crippen molar-refractivity contribution in [1.29, 1.82) is 0 Å². The number of nitrogens with zero attached hydrogens (tertiary/aromatic N) is 2. The molecule has 1 N–H and O–H groups in total. The van der Waals surface area contributed by atoms with Gasteiger partial charge < -0.3 is 9.88 Å². The van der Waals surface area contributed by atoms with Gasteiger partial charge in [0.2, 0.25) is 0 Å². The number of aromatic nitrogens is 2. The lowest BCUT2D eigenvalue weighted by Gasteiger charge is -2.25. The Kier molecular flexibility index (Phi) is 4.71. The van der Waals surface area contributed by atoms with Gasteiger partial charge in [-0.15, -0.1) is 0 Å². The SMILES string of the molecule is CCc1nc(CC2=CC=CCC=C2)cn1C1CCNCC1. The molecule has 2 heterocycles. The highest BCUT2D eigenvalue weighted by Gasteiger charge is 2.18. The number of hydrogen-bond donors (Lipinski definition) is 1. The summed E-state index contributed by atoms with van der Waals surface area (Å²) in [7, 11) is 0. The lowest BCUT2D eigenvalue weighted by atomic mass is 10.1. The van der Waals surface area contributed by atoms with E-state index in [2.05, 4.69) is 53.4 Å². The highest BCUT2D eigenvalue weighted by molar-refractivity contribution is 5.31. The standard InChI is InChI=1S/C18H25N3/c1-2-18-20-16(13-15-7-5-3-4-6-8-15)14-21(18)17-9-11-19-12-10-17/h3,5-8,14,17,19H,2,4,9-13H2,1H3. The van der Waals surface area contributed by atoms with Gasteiger partial charge in [-0.25, -0.2) is 4.98 Å². The van der Waals surface area contributed by atoms with Gasteiger partial charge in [0, 0.05) is 25.1 Å². The molecular weight excluding hydrogens is 258 g/mol. The molecule has 0 aromatic carbocycles. The summed E-state index contributed by atoms with van der Waals surface area (Å²) < 4.78 is 2.44. The Morgan fingerprint density at radius 2 is 2.14 bits per heavy atom. The van der Waals surface area contributed by atoms with E-state index in [1.807, 2.05) is 0 Å². The second kappa shape index (κ2) is 6.90. The van der Waals surface area contributed by atoms with E-state index < -0.39 is 0 Å². The minimum Gasteiger partial charge on any atom is -0.331 e. The fourth-order valence-electron chi connectivity index (χ4n) is 3.19. The van der Waals surface area contributed by atoms with Crippen LogP contribution in [0.2, 0.25) is 0 Å². The van der Waals surface area contributed by atoms with Gasteiger partial charge in [-0.3, -0.25) is 0 Å². The number of piperidine rings is 1. The smallest absolute Gasteiger partial charge is 0.108 e. The minimum absolute atomic E-state index is 0.626. The Hall–Kier alpha value is -1.61. The summed E-state index contributed by atoms with van der Waals surface area (Å²) in [5.74, 6) is 1.24. The number of allylic oxidation sites excluding steroid dienone is 6. The Morgan fingerprint density at radius 3 is 2.95 bits per heavy atom. The van der Waals surface area contributed by atoms with Crippen LogP contribution in [0.1, 0.15) is 43.7 Å². The van der Waals surface area contributed by atoms with Crippen LogP contribution in [0.25, 0.3) is 0 Å². The fraction of sp³-hybridized carbons (Fsp3) is 0.500. The molecule has 3 nitrogen and oxygen atoms in total. The number of hydrogen-bond acceptors (Lipinski definition) is 2. The zero-order valence-corrected chi connectivity index (χ0v) is 12.9. The van der Waals surface area contributed by atoms with Crippen molar-refractivity contribution in [2.45, 2.75) is 45.1 Å². The van der Waals surface area contributed by atoms with Crippen LogP contribution in [0.5, 0.6) is 0 Å². The first-order valence-corrected chi connectivity index (χ1v) is 8.16. The van der Waals surface area contributed by atoms with Crippen molar-refractivity contribution >= 4 is 0 Å². The summed E-state index contributed by atoms with van der Waals surface area (Å²) in [6.45, 7) is 4.46. The van der Waals surface area contributed by atoms with Gasteiger partial charge in [-0.1, -0.05) is 37.3 Å². The highest BCUT2D eigenvalue weighted by Crippen LogP contribution is 2.23. The second-order valence-corrected chi connectivity index (χ2v) is 5.88. The van der Waals surface area contributed by atoms with Crippen molar-refractivity contribution in [2.75, 3.05) is 13.1 Å². The molecule has 1 saturated heterocycles. The average Bonchev–Trinajstić information content (AvgIpc) is 2.76. The van der Waals surface area contributed by atoms with Crippen molar-refractivity contribution in [1.82, 2.24) is 14.9 Å². The molecule has 0 saturated carbocycles. The molecule has 0 atom stereocenters. The Bertz CT molecular complexity index is 557. The lowest BCUT2D eigenvalue weighted by Crippen LogP contribution is -2.29. The van der Waals surface area contributed by atoms with E-state index in [0.29, 0.717) is 6.04 Å². The van der Waals surface area contributed by atoms with Crippen LogP contribution in [-0.2, 0) is 12.8 Å². The van der Waals surface area contributed by atoms with Crippen LogP contribution < -0.4 is 5.32 Å². The maximum Gasteiger partial charge on any atom is 0.108 e. The molecule has 3 heteroatoms. The predicted molar refractivity (Wildman–Crippen MR) is 87.4 cm³/mol. The number of imidazole rings is 1. The van der Waals surface area contributed by atoms with Crippen molar-refractivity contribution in [3.63, 3.8) is 0 Å². The molecule has 1 aromatic heterocycles. The van der Waals surface area contributed by atoms with Crippen molar-refractivity contribution in [3.8, 4) is 0 Å². The lowest BCUT2D eigenvalue weighted by molar-refractivity contribution is 0.360. The van der Waals surface area contributed by atoms with Crippen LogP contribution >= 0.6 is 0 Å². The third-order valence-corrected chi connectivity index (χ3v) is 4.31. The molecule has 0 amide bonds. The van der Waals surface area contributed by atoms with E-state index in [1.165, 1.54) is 29.9 Å². The summed E-state index contributed by atoms with van der Waals surface area (Å²) in [6, 6.07) is 0.626. The monoisotopic (exact) mass is 283 g/mol. The van der Waals surface area contributed by atoms with Crippen molar-refractivity contribution in [3.05, 3.63) is 53.7 Å². The van der Waals surface area contributed by atoms with E-state index in [-0.39, 0.29) is 0 Å². The first-order chi connectivity index (χ1) is 10.4. The maximum atomic E-state index is 4.87. The third-order valence-electron chi connectivity index (χ3n) is 4.31. The molecule has 1 aliphatic heterocycles. The van der Waals surface area contributed by atoms with Gasteiger partial charge in [0.1, 0.15) is 5.82 Å². The first kappa shape index (κ1) is 14.3. The molecule has 0 unspecified atom stereocenters. The largest absolute Gasteiger partial charge is 0.331 e. The summed E-state index contributed by atoms with van der Waals surface area (Å²) in [4.78, 5) is 4.87. The van der Waals surface area contributed by atoms with Gasteiger partial charge in [0.15, 0.2) is 0 Å². The molecule has 0 radical (unpaired) electrons. The van der Waals surface area contributed by atoms with Crippen LogP contribution in [0, 0.1) is 0 Å². The zero-order valence-electron chi connectivity index (χ0n) is 12.9. The fourth-order valence-corrected chi connectivity index (χ4v) is 3.19. The van der Waals surface area contributed by atoms with E-state index in [1.54, 1.807) is 0 Å². The van der Waals surface area contributed by atoms with Gasteiger partial charge in [0.25, 0.3) is 0 Å². The number of aryl methyl sites for hydroxylation is 1. The molecule has 1 fully saturated rings. The summed E-state index contributed by atoms with van der Waals surface area (Å²) in [6.07, 6.45) is 18.7. The average molecular weight is 283 g/mol. The van der Waals surface area contributed by atoms with E-state index in [4.69, 9.17) is 4.98 Å². The van der Waals surface area contributed by atoms with Crippen LogP contribution in [0.15, 0.2) is 42.2 Å². The van der Waals surface area contributed by atoms with Gasteiger partial charge in [-0.05, 0) is 37.9 Å². The van der Waals surface area contributed by atoms with Gasteiger partial charge in [-0.2, -0.15) is 0 Å². The van der Waals surface area contributed by atoms with E-state index in [9.17, 15) is 0 Å². The molecule has 112 valence electrons. The molecule has 2 aliphatic rings. The highest BCUT2D eigenvalue weighted by atomic mass is 15.1. The van der Waals surface area contributed by atoms with Crippen molar-refractivity contribution < 1.29 is 0 Å². The Morgan fingerprint density at radius 1 is 1.29 bits per heavy atom. The van der Waals surface area contributed by atoms with Gasteiger partial charge in [0.05, 0.1) is 5.69 Å². The minimum atomic E-state index is 0.626. The molecule has 1 aliphatic carbocycles. The quantitative estimate of drug-likeness (QED) is 0.918.